The summed E-state index contributed by atoms with van der Waals surface area (Å²) in [6.45, 7) is 4.57. The predicted octanol–water partition coefficient (Wildman–Crippen LogP) is 5.69. The molecule has 0 unspecified atom stereocenters. The van der Waals surface area contributed by atoms with E-state index >= 15 is 0 Å². The lowest BCUT2D eigenvalue weighted by Crippen LogP contribution is -2.39. The van der Waals surface area contributed by atoms with Crippen LogP contribution in [0.25, 0.3) is 22.9 Å². The van der Waals surface area contributed by atoms with Crippen LogP contribution in [0.15, 0.2) is 46.9 Å². The molecule has 190 valence electrons. The van der Waals surface area contributed by atoms with Gasteiger partial charge in [-0.25, -0.2) is 18.7 Å². The van der Waals surface area contributed by atoms with Crippen molar-refractivity contribution in [3.05, 3.63) is 81.9 Å². The Balaban J connectivity index is 1.37. The Bertz CT molecular complexity index is 1450. The van der Waals surface area contributed by atoms with Crippen molar-refractivity contribution >= 4 is 17.5 Å². The number of rotatable bonds is 5. The van der Waals surface area contributed by atoms with Gasteiger partial charge >= 0.3 is 0 Å². The summed E-state index contributed by atoms with van der Waals surface area (Å²) < 4.78 is 34.1. The van der Waals surface area contributed by atoms with Gasteiger partial charge in [0.25, 0.3) is 5.89 Å². The van der Waals surface area contributed by atoms with Gasteiger partial charge in [-0.15, -0.1) is 10.2 Å². The minimum Gasteiger partial charge on any atom is -0.416 e. The van der Waals surface area contributed by atoms with Gasteiger partial charge in [-0.3, -0.25) is 4.79 Å². The highest BCUT2D eigenvalue weighted by molar-refractivity contribution is 6.33. The summed E-state index contributed by atoms with van der Waals surface area (Å²) >= 11 is 6.30. The molecular weight excluding hydrogens is 500 g/mol. The molecule has 0 atom stereocenters. The summed E-state index contributed by atoms with van der Waals surface area (Å²) in [4.78, 5) is 23.7. The minimum absolute atomic E-state index is 0.0142. The summed E-state index contributed by atoms with van der Waals surface area (Å²) in [5, 5.41) is 8.96. The molecule has 4 aromatic rings. The molecule has 0 spiro atoms. The third-order valence-corrected chi connectivity index (χ3v) is 6.93. The fourth-order valence-electron chi connectivity index (χ4n) is 4.73. The van der Waals surface area contributed by atoms with Gasteiger partial charge in [0.2, 0.25) is 11.8 Å². The van der Waals surface area contributed by atoms with E-state index in [9.17, 15) is 13.6 Å². The topological polar surface area (TPSA) is 85.0 Å². The van der Waals surface area contributed by atoms with Crippen molar-refractivity contribution in [1.82, 2.24) is 25.1 Å². The number of carbonyl (C=O) groups is 1. The Morgan fingerprint density at radius 3 is 2.38 bits per heavy atom. The molecule has 1 aliphatic rings. The number of nitrogens with zero attached hydrogens (tertiary/aromatic N) is 5. The van der Waals surface area contributed by atoms with Gasteiger partial charge in [0.1, 0.15) is 17.5 Å². The van der Waals surface area contributed by atoms with Crippen molar-refractivity contribution in [2.75, 3.05) is 13.1 Å². The number of piperidine rings is 1. The molecule has 3 heterocycles. The van der Waals surface area contributed by atoms with Crippen molar-refractivity contribution in [2.24, 2.45) is 0 Å². The lowest BCUT2D eigenvalue weighted by molar-refractivity contribution is -0.131. The molecule has 0 aliphatic carbocycles. The molecule has 1 aliphatic heterocycles. The van der Waals surface area contributed by atoms with E-state index in [1.165, 1.54) is 6.07 Å². The number of carbonyl (C=O) groups excluding carboxylic acids is 1. The van der Waals surface area contributed by atoms with Crippen molar-refractivity contribution in [2.45, 2.75) is 39.0 Å². The van der Waals surface area contributed by atoms with Crippen molar-refractivity contribution in [1.29, 1.82) is 0 Å². The third kappa shape index (κ3) is 5.09. The predicted molar refractivity (Wildman–Crippen MR) is 134 cm³/mol. The first-order valence-electron chi connectivity index (χ1n) is 12.0. The van der Waals surface area contributed by atoms with Crippen LogP contribution in [-0.2, 0) is 11.2 Å². The number of hydrogen-bond donors (Lipinski definition) is 0. The van der Waals surface area contributed by atoms with Crippen molar-refractivity contribution in [3.63, 3.8) is 0 Å². The van der Waals surface area contributed by atoms with Gasteiger partial charge in [-0.2, -0.15) is 0 Å². The smallest absolute Gasteiger partial charge is 0.251 e. The fraction of sp³-hybridized carbons (Fsp3) is 0.296. The zero-order chi connectivity index (χ0) is 26.1. The van der Waals surface area contributed by atoms with Gasteiger partial charge in [0, 0.05) is 24.6 Å². The molecule has 7 nitrogen and oxygen atoms in total. The summed E-state index contributed by atoms with van der Waals surface area (Å²) in [6, 6.07) is 10.8. The van der Waals surface area contributed by atoms with E-state index in [0.29, 0.717) is 65.4 Å². The van der Waals surface area contributed by atoms with Crippen LogP contribution in [0.5, 0.6) is 0 Å². The van der Waals surface area contributed by atoms with Crippen LogP contribution in [-0.4, -0.2) is 44.1 Å². The molecule has 10 heteroatoms. The molecular formula is C27H24ClF2N5O2. The van der Waals surface area contributed by atoms with E-state index in [0.717, 1.165) is 17.8 Å². The molecule has 1 amide bonds. The van der Waals surface area contributed by atoms with Crippen LogP contribution >= 0.6 is 11.6 Å². The summed E-state index contributed by atoms with van der Waals surface area (Å²) in [7, 11) is 0. The molecule has 37 heavy (non-hydrogen) atoms. The quantitative estimate of drug-likeness (QED) is 0.334. The largest absolute Gasteiger partial charge is 0.416 e. The maximum atomic E-state index is 14.0. The number of amides is 1. The first-order chi connectivity index (χ1) is 17.8. The second-order valence-electron chi connectivity index (χ2n) is 9.04. The number of benzene rings is 2. The summed E-state index contributed by atoms with van der Waals surface area (Å²) in [5.41, 5.74) is 2.60. The first-order valence-corrected chi connectivity index (χ1v) is 12.3. The standard InChI is InChI=1S/C27H24ClF2N5O2/c1-15-24(27-34-33-26(37-27)18-6-3-4-7-20(18)28)25(32-16(2)31-15)17-10-12-35(13-11-17)23(36)14-19-21(29)8-5-9-22(19)30/h3-9,17H,10-14H2,1-2H3. The second-order valence-corrected chi connectivity index (χ2v) is 9.45. The Morgan fingerprint density at radius 1 is 1.00 bits per heavy atom. The highest BCUT2D eigenvalue weighted by Gasteiger charge is 2.30. The SMILES string of the molecule is Cc1nc(C)c(-c2nnc(-c3ccccc3Cl)o2)c(C2CCN(C(=O)Cc3c(F)cccc3F)CC2)n1. The molecule has 2 aromatic carbocycles. The van der Waals surface area contributed by atoms with Crippen molar-refractivity contribution < 1.29 is 18.0 Å². The van der Waals surface area contributed by atoms with Crippen LogP contribution in [0.3, 0.4) is 0 Å². The van der Waals surface area contributed by atoms with E-state index < -0.39 is 11.6 Å². The average molecular weight is 524 g/mol. The van der Waals surface area contributed by atoms with Gasteiger partial charge in [0.15, 0.2) is 0 Å². The summed E-state index contributed by atoms with van der Waals surface area (Å²) in [5.74, 6) is -0.496. The number of likely N-dealkylation sites (tertiary alicyclic amines) is 1. The number of aromatic nitrogens is 4. The van der Waals surface area contributed by atoms with E-state index in [-0.39, 0.29) is 23.8 Å². The van der Waals surface area contributed by atoms with E-state index in [4.69, 9.17) is 21.0 Å². The molecule has 1 fully saturated rings. The average Bonchev–Trinajstić information content (AvgIpc) is 3.35. The van der Waals surface area contributed by atoms with Crippen LogP contribution in [0, 0.1) is 25.5 Å². The second kappa shape index (κ2) is 10.3. The Labute approximate surface area is 217 Å². The lowest BCUT2D eigenvalue weighted by atomic mass is 9.89. The number of halogens is 3. The molecule has 0 radical (unpaired) electrons. The van der Waals surface area contributed by atoms with E-state index in [1.807, 2.05) is 26.0 Å². The lowest BCUT2D eigenvalue weighted by Gasteiger charge is -2.32. The monoisotopic (exact) mass is 523 g/mol. The van der Waals surface area contributed by atoms with E-state index in [2.05, 4.69) is 15.2 Å². The van der Waals surface area contributed by atoms with Crippen molar-refractivity contribution in [3.8, 4) is 22.9 Å². The zero-order valence-corrected chi connectivity index (χ0v) is 21.1. The molecule has 0 bridgehead atoms. The van der Waals surface area contributed by atoms with Gasteiger partial charge in [0.05, 0.1) is 34.0 Å². The zero-order valence-electron chi connectivity index (χ0n) is 20.3. The fourth-order valence-corrected chi connectivity index (χ4v) is 4.95. The van der Waals surface area contributed by atoms with Gasteiger partial charge < -0.3 is 9.32 Å². The van der Waals surface area contributed by atoms with Gasteiger partial charge in [-0.1, -0.05) is 29.8 Å². The third-order valence-electron chi connectivity index (χ3n) is 6.60. The molecule has 2 aromatic heterocycles. The van der Waals surface area contributed by atoms with Crippen LogP contribution in [0.2, 0.25) is 5.02 Å². The normalized spacial score (nSPS) is 14.2. The maximum Gasteiger partial charge on any atom is 0.251 e. The highest BCUT2D eigenvalue weighted by atomic mass is 35.5. The first kappa shape index (κ1) is 25.0. The van der Waals surface area contributed by atoms with Crippen LogP contribution < -0.4 is 0 Å². The van der Waals surface area contributed by atoms with Crippen LogP contribution in [0.1, 0.15) is 41.5 Å². The maximum absolute atomic E-state index is 14.0. The number of hydrogen-bond acceptors (Lipinski definition) is 6. The summed E-state index contributed by atoms with van der Waals surface area (Å²) in [6.07, 6.45) is 0.937. The van der Waals surface area contributed by atoms with Gasteiger partial charge in [-0.05, 0) is 51.0 Å². The molecule has 1 saturated heterocycles. The highest BCUT2D eigenvalue weighted by Crippen LogP contribution is 2.37. The minimum atomic E-state index is -0.712. The Hall–Kier alpha value is -3.72. The molecule has 0 N–H and O–H groups in total. The molecule has 0 saturated carbocycles. The Kier molecular flexibility index (Phi) is 6.97. The Morgan fingerprint density at radius 2 is 1.68 bits per heavy atom. The van der Waals surface area contributed by atoms with E-state index in [1.54, 1.807) is 17.0 Å². The number of aryl methyl sites for hydroxylation is 2. The molecule has 5 rings (SSSR count). The van der Waals surface area contributed by atoms with Crippen LogP contribution in [0.4, 0.5) is 8.78 Å².